The molecule has 1 aliphatic carbocycles. The third-order valence-electron chi connectivity index (χ3n) is 2.76. The topological polar surface area (TPSA) is 59.1 Å². The molecule has 1 heterocycles. The van der Waals surface area contributed by atoms with Gasteiger partial charge < -0.3 is 10.8 Å². The fourth-order valence-corrected chi connectivity index (χ4v) is 2.92. The van der Waals surface area contributed by atoms with Gasteiger partial charge in [-0.2, -0.15) is 0 Å². The van der Waals surface area contributed by atoms with Crippen molar-refractivity contribution >= 4 is 23.4 Å². The van der Waals surface area contributed by atoms with Gasteiger partial charge in [-0.25, -0.2) is 4.98 Å². The zero-order chi connectivity index (χ0) is 11.5. The molecule has 0 amide bonds. The Morgan fingerprint density at radius 3 is 2.94 bits per heavy atom. The average Bonchev–Trinajstić information content (AvgIpc) is 3.11. The van der Waals surface area contributed by atoms with Gasteiger partial charge in [0, 0.05) is 17.5 Å². The lowest BCUT2D eigenvalue weighted by Crippen LogP contribution is -2.36. The van der Waals surface area contributed by atoms with E-state index >= 15 is 0 Å². The highest BCUT2D eigenvalue weighted by Crippen LogP contribution is 2.38. The van der Waals surface area contributed by atoms with Gasteiger partial charge in [-0.3, -0.25) is 0 Å². The van der Waals surface area contributed by atoms with Crippen molar-refractivity contribution in [2.24, 2.45) is 11.7 Å². The molecular formula is C11H15ClN2OS. The van der Waals surface area contributed by atoms with E-state index in [9.17, 15) is 5.11 Å². The number of aliphatic hydroxyl groups is 1. The van der Waals surface area contributed by atoms with Crippen LogP contribution in [0.5, 0.6) is 0 Å². The Bertz CT molecular complexity index is 360. The van der Waals surface area contributed by atoms with Crippen LogP contribution in [0.3, 0.4) is 0 Å². The molecule has 0 aliphatic heterocycles. The SMILES string of the molecule is NC(C1CC1)C(CO)Sc1ncccc1Cl. The first-order valence-corrected chi connectivity index (χ1v) is 6.61. The molecule has 2 rings (SSSR count). The van der Waals surface area contributed by atoms with E-state index < -0.39 is 0 Å². The Morgan fingerprint density at radius 2 is 2.38 bits per heavy atom. The molecule has 88 valence electrons. The molecule has 5 heteroatoms. The highest BCUT2D eigenvalue weighted by Gasteiger charge is 2.34. The lowest BCUT2D eigenvalue weighted by molar-refractivity contribution is 0.277. The monoisotopic (exact) mass is 258 g/mol. The predicted octanol–water partition coefficient (Wildman–Crippen LogP) is 1.93. The summed E-state index contributed by atoms with van der Waals surface area (Å²) >= 11 is 7.49. The number of nitrogens with two attached hydrogens (primary N) is 1. The first-order chi connectivity index (χ1) is 7.72. The molecule has 0 radical (unpaired) electrons. The van der Waals surface area contributed by atoms with Crippen LogP contribution >= 0.6 is 23.4 Å². The average molecular weight is 259 g/mol. The standard InChI is InChI=1S/C11H15ClN2OS/c12-8-2-1-5-14-11(8)16-9(6-15)10(13)7-3-4-7/h1-2,5,7,9-10,15H,3-4,6,13H2. The van der Waals surface area contributed by atoms with Crippen LogP contribution in [-0.2, 0) is 0 Å². The van der Waals surface area contributed by atoms with Crippen molar-refractivity contribution in [2.45, 2.75) is 29.2 Å². The quantitative estimate of drug-likeness (QED) is 0.793. The van der Waals surface area contributed by atoms with Gasteiger partial charge in [0.25, 0.3) is 0 Å². The van der Waals surface area contributed by atoms with Crippen LogP contribution < -0.4 is 5.73 Å². The summed E-state index contributed by atoms with van der Waals surface area (Å²) in [6, 6.07) is 3.63. The van der Waals surface area contributed by atoms with Gasteiger partial charge in [-0.05, 0) is 30.9 Å². The second kappa shape index (κ2) is 5.36. The molecule has 0 spiro atoms. The van der Waals surface area contributed by atoms with E-state index in [-0.39, 0.29) is 17.9 Å². The maximum absolute atomic E-state index is 9.35. The van der Waals surface area contributed by atoms with E-state index in [0.29, 0.717) is 10.9 Å². The van der Waals surface area contributed by atoms with Crippen LogP contribution in [0.25, 0.3) is 0 Å². The van der Waals surface area contributed by atoms with Gasteiger partial charge in [0.2, 0.25) is 0 Å². The highest BCUT2D eigenvalue weighted by molar-refractivity contribution is 8.00. The molecule has 3 N–H and O–H groups in total. The Labute approximate surface area is 104 Å². The van der Waals surface area contributed by atoms with Gasteiger partial charge in [0.05, 0.1) is 11.6 Å². The third kappa shape index (κ3) is 2.88. The molecular weight excluding hydrogens is 244 g/mol. The normalized spacial score (nSPS) is 19.4. The number of rotatable bonds is 5. The zero-order valence-electron chi connectivity index (χ0n) is 8.84. The van der Waals surface area contributed by atoms with Crippen molar-refractivity contribution < 1.29 is 5.11 Å². The van der Waals surface area contributed by atoms with Crippen molar-refractivity contribution in [3.05, 3.63) is 23.4 Å². The Balaban J connectivity index is 2.03. The van der Waals surface area contributed by atoms with Crippen LogP contribution in [0.1, 0.15) is 12.8 Å². The summed E-state index contributed by atoms with van der Waals surface area (Å²) in [5.74, 6) is 0.562. The fraction of sp³-hybridized carbons (Fsp3) is 0.545. The molecule has 0 aromatic carbocycles. The van der Waals surface area contributed by atoms with Crippen molar-refractivity contribution in [1.82, 2.24) is 4.98 Å². The number of pyridine rings is 1. The highest BCUT2D eigenvalue weighted by atomic mass is 35.5. The Hall–Kier alpha value is -0.290. The smallest absolute Gasteiger partial charge is 0.115 e. The van der Waals surface area contributed by atoms with Crippen LogP contribution in [0.4, 0.5) is 0 Å². The summed E-state index contributed by atoms with van der Waals surface area (Å²) in [6.07, 6.45) is 4.05. The van der Waals surface area contributed by atoms with Gasteiger partial charge >= 0.3 is 0 Å². The van der Waals surface area contributed by atoms with E-state index in [1.165, 1.54) is 24.6 Å². The van der Waals surface area contributed by atoms with Gasteiger partial charge in [-0.1, -0.05) is 23.4 Å². The molecule has 16 heavy (non-hydrogen) atoms. The van der Waals surface area contributed by atoms with Crippen LogP contribution in [0.15, 0.2) is 23.4 Å². The number of hydrogen-bond acceptors (Lipinski definition) is 4. The van der Waals surface area contributed by atoms with Gasteiger partial charge in [-0.15, -0.1) is 0 Å². The van der Waals surface area contributed by atoms with Gasteiger partial charge in [0.1, 0.15) is 5.03 Å². The molecule has 1 fully saturated rings. The molecule has 1 saturated carbocycles. The summed E-state index contributed by atoms with van der Waals surface area (Å²) in [5.41, 5.74) is 6.08. The lowest BCUT2D eigenvalue weighted by Gasteiger charge is -2.20. The van der Waals surface area contributed by atoms with E-state index in [1.54, 1.807) is 18.3 Å². The minimum Gasteiger partial charge on any atom is -0.395 e. The van der Waals surface area contributed by atoms with Crippen LogP contribution in [0.2, 0.25) is 5.02 Å². The molecule has 0 bridgehead atoms. The third-order valence-corrected chi connectivity index (χ3v) is 4.50. The first kappa shape index (κ1) is 12.2. The largest absolute Gasteiger partial charge is 0.395 e. The number of halogens is 1. The predicted molar refractivity (Wildman–Crippen MR) is 66.7 cm³/mol. The summed E-state index contributed by atoms with van der Waals surface area (Å²) < 4.78 is 0. The van der Waals surface area contributed by atoms with Crippen molar-refractivity contribution in [3.8, 4) is 0 Å². The maximum Gasteiger partial charge on any atom is 0.115 e. The second-order valence-corrected chi connectivity index (χ2v) is 5.68. The summed E-state index contributed by atoms with van der Waals surface area (Å²) in [6.45, 7) is 0.0647. The molecule has 0 saturated heterocycles. The number of aromatic nitrogens is 1. The van der Waals surface area contributed by atoms with Crippen molar-refractivity contribution in [2.75, 3.05) is 6.61 Å². The molecule has 3 nitrogen and oxygen atoms in total. The molecule has 1 aromatic heterocycles. The van der Waals surface area contributed by atoms with E-state index in [4.69, 9.17) is 17.3 Å². The molecule has 2 unspecified atom stereocenters. The van der Waals surface area contributed by atoms with Crippen molar-refractivity contribution in [1.29, 1.82) is 0 Å². The van der Waals surface area contributed by atoms with Crippen LogP contribution in [-0.4, -0.2) is 28.0 Å². The summed E-state index contributed by atoms with van der Waals surface area (Å²) in [7, 11) is 0. The summed E-state index contributed by atoms with van der Waals surface area (Å²) in [4.78, 5) is 4.19. The Morgan fingerprint density at radius 1 is 1.62 bits per heavy atom. The summed E-state index contributed by atoms with van der Waals surface area (Å²) in [5, 5.41) is 10.7. The number of nitrogens with zero attached hydrogens (tertiary/aromatic N) is 1. The van der Waals surface area contributed by atoms with E-state index in [1.807, 2.05) is 0 Å². The molecule has 1 aromatic rings. The van der Waals surface area contributed by atoms with Crippen molar-refractivity contribution in [3.63, 3.8) is 0 Å². The first-order valence-electron chi connectivity index (χ1n) is 5.36. The Kier molecular flexibility index (Phi) is 4.08. The van der Waals surface area contributed by atoms with Crippen LogP contribution in [0, 0.1) is 5.92 Å². The van der Waals surface area contributed by atoms with E-state index in [2.05, 4.69) is 4.98 Å². The number of thioether (sulfide) groups is 1. The molecule has 2 atom stereocenters. The minimum atomic E-state index is -0.0140. The molecule has 1 aliphatic rings. The van der Waals surface area contributed by atoms with E-state index in [0.717, 1.165) is 5.03 Å². The second-order valence-electron chi connectivity index (χ2n) is 4.04. The zero-order valence-corrected chi connectivity index (χ0v) is 10.4. The van der Waals surface area contributed by atoms with Gasteiger partial charge in [0.15, 0.2) is 0 Å². The number of aliphatic hydroxyl groups excluding tert-OH is 1. The fourth-order valence-electron chi connectivity index (χ4n) is 1.62. The maximum atomic E-state index is 9.35. The lowest BCUT2D eigenvalue weighted by atomic mass is 10.1. The minimum absolute atomic E-state index is 0.0140. The number of hydrogen-bond donors (Lipinski definition) is 2.